The molecule has 0 bridgehead atoms. The Labute approximate surface area is 151 Å². The predicted molar refractivity (Wildman–Crippen MR) is 100 cm³/mol. The molecule has 0 spiro atoms. The summed E-state index contributed by atoms with van der Waals surface area (Å²) >= 11 is 0. The molecule has 1 aromatic rings. The van der Waals surface area contributed by atoms with Crippen LogP contribution in [0.4, 0.5) is 0 Å². The van der Waals surface area contributed by atoms with Gasteiger partial charge in [-0.3, -0.25) is 4.79 Å². The molecule has 25 heavy (non-hydrogen) atoms. The summed E-state index contributed by atoms with van der Waals surface area (Å²) in [6.45, 7) is 9.90. The van der Waals surface area contributed by atoms with Crippen LogP contribution in [-0.2, 0) is 9.53 Å². The highest BCUT2D eigenvalue weighted by molar-refractivity contribution is 5.77. The number of nitrogens with one attached hydrogen (secondary N) is 1. The van der Waals surface area contributed by atoms with Crippen LogP contribution in [0.25, 0.3) is 0 Å². The van der Waals surface area contributed by atoms with Crippen molar-refractivity contribution in [2.75, 3.05) is 26.2 Å². The van der Waals surface area contributed by atoms with Crippen molar-refractivity contribution >= 4 is 5.91 Å². The van der Waals surface area contributed by atoms with Crippen LogP contribution in [0.5, 0.6) is 0 Å². The minimum absolute atomic E-state index is 0.00648. The zero-order chi connectivity index (χ0) is 17.8. The third-order valence-corrected chi connectivity index (χ3v) is 5.93. The molecular formula is C21H32N2O2. The number of aryl methyl sites for hydroxylation is 1. The molecule has 2 aliphatic rings. The molecule has 0 saturated carbocycles. The molecule has 1 amide bonds. The van der Waals surface area contributed by atoms with Gasteiger partial charge in [-0.1, -0.05) is 31.2 Å². The highest BCUT2D eigenvalue weighted by atomic mass is 16.5. The first-order valence-electron chi connectivity index (χ1n) is 9.73. The van der Waals surface area contributed by atoms with Crippen molar-refractivity contribution in [2.24, 2.45) is 11.8 Å². The van der Waals surface area contributed by atoms with Crippen molar-refractivity contribution in [3.05, 3.63) is 35.4 Å². The summed E-state index contributed by atoms with van der Waals surface area (Å²) in [5.41, 5.74) is 2.44. The fraction of sp³-hybridized carbons (Fsp3) is 0.667. The maximum atomic E-state index is 13.0. The predicted octanol–water partition coefficient (Wildman–Crippen LogP) is 3.31. The van der Waals surface area contributed by atoms with Gasteiger partial charge in [0.05, 0.1) is 19.2 Å². The van der Waals surface area contributed by atoms with Crippen LogP contribution in [-0.4, -0.2) is 43.1 Å². The summed E-state index contributed by atoms with van der Waals surface area (Å²) in [7, 11) is 0. The quantitative estimate of drug-likeness (QED) is 0.911. The fourth-order valence-corrected chi connectivity index (χ4v) is 4.16. The van der Waals surface area contributed by atoms with Gasteiger partial charge in [-0.2, -0.15) is 0 Å². The zero-order valence-electron chi connectivity index (χ0n) is 15.8. The molecule has 0 aromatic heterocycles. The molecule has 2 aliphatic heterocycles. The van der Waals surface area contributed by atoms with Gasteiger partial charge in [0, 0.05) is 6.42 Å². The van der Waals surface area contributed by atoms with Gasteiger partial charge in [-0.15, -0.1) is 0 Å². The Balaban J connectivity index is 1.63. The molecule has 0 unspecified atom stereocenters. The monoisotopic (exact) mass is 344 g/mol. The number of carbonyl (C=O) groups is 1. The average molecular weight is 344 g/mol. The third-order valence-electron chi connectivity index (χ3n) is 5.93. The molecule has 138 valence electrons. The second kappa shape index (κ2) is 8.33. The average Bonchev–Trinajstić information content (AvgIpc) is 2.63. The number of ether oxygens (including phenoxy) is 1. The van der Waals surface area contributed by atoms with Gasteiger partial charge in [0.15, 0.2) is 0 Å². The highest BCUT2D eigenvalue weighted by Crippen LogP contribution is 2.29. The Morgan fingerprint density at radius 3 is 2.92 bits per heavy atom. The Morgan fingerprint density at radius 1 is 1.40 bits per heavy atom. The van der Waals surface area contributed by atoms with Crippen molar-refractivity contribution in [3.8, 4) is 0 Å². The van der Waals surface area contributed by atoms with Gasteiger partial charge >= 0.3 is 0 Å². The highest BCUT2D eigenvalue weighted by Gasteiger charge is 2.32. The maximum absolute atomic E-state index is 13.0. The summed E-state index contributed by atoms with van der Waals surface area (Å²) in [6, 6.07) is 8.49. The van der Waals surface area contributed by atoms with Crippen LogP contribution in [0.15, 0.2) is 24.3 Å². The molecule has 2 fully saturated rings. The number of amides is 1. The lowest BCUT2D eigenvalue weighted by Crippen LogP contribution is -2.49. The van der Waals surface area contributed by atoms with Crippen molar-refractivity contribution < 1.29 is 9.53 Å². The van der Waals surface area contributed by atoms with E-state index in [4.69, 9.17) is 4.74 Å². The maximum Gasteiger partial charge on any atom is 0.223 e. The van der Waals surface area contributed by atoms with E-state index >= 15 is 0 Å². The number of nitrogens with zero attached hydrogens (tertiary/aromatic N) is 1. The molecule has 4 nitrogen and oxygen atoms in total. The van der Waals surface area contributed by atoms with Crippen molar-refractivity contribution in [1.82, 2.24) is 10.2 Å². The minimum atomic E-state index is -0.00648. The van der Waals surface area contributed by atoms with Crippen molar-refractivity contribution in [3.63, 3.8) is 0 Å². The van der Waals surface area contributed by atoms with E-state index in [0.717, 1.165) is 13.1 Å². The summed E-state index contributed by atoms with van der Waals surface area (Å²) in [5.74, 6) is 1.35. The molecule has 4 heteroatoms. The fourth-order valence-electron chi connectivity index (χ4n) is 4.16. The SMILES string of the molecule is Cc1ccccc1[C@@H]1CN(C(=O)C[C@H](C)[C@@H]2CCCNC2)[C@@H](C)CO1. The summed E-state index contributed by atoms with van der Waals surface area (Å²) in [6.07, 6.45) is 3.11. The molecule has 1 N–H and O–H groups in total. The Morgan fingerprint density at radius 2 is 2.20 bits per heavy atom. The Hall–Kier alpha value is -1.39. The standard InChI is InChI=1S/C21H32N2O2/c1-15-7-4-5-9-19(15)20-13-23(17(3)14-25-20)21(24)11-16(2)18-8-6-10-22-12-18/h4-5,7,9,16-18,20,22H,6,8,10-14H2,1-3H3/t16-,17-,18+,20-/m0/s1. The number of morpholine rings is 1. The zero-order valence-corrected chi connectivity index (χ0v) is 15.8. The van der Waals surface area contributed by atoms with Gasteiger partial charge < -0.3 is 15.0 Å². The van der Waals surface area contributed by atoms with E-state index in [1.165, 1.54) is 24.0 Å². The molecule has 3 rings (SSSR count). The molecule has 0 radical (unpaired) electrons. The van der Waals surface area contributed by atoms with Crippen LogP contribution in [0.2, 0.25) is 0 Å². The van der Waals surface area contributed by atoms with E-state index in [1.54, 1.807) is 0 Å². The van der Waals surface area contributed by atoms with E-state index < -0.39 is 0 Å². The van der Waals surface area contributed by atoms with E-state index in [2.05, 4.69) is 38.2 Å². The van der Waals surface area contributed by atoms with Gasteiger partial charge in [0.2, 0.25) is 5.91 Å². The number of rotatable bonds is 4. The lowest BCUT2D eigenvalue weighted by molar-refractivity contribution is -0.145. The Bertz CT molecular complexity index is 583. The van der Waals surface area contributed by atoms with Crippen molar-refractivity contribution in [2.45, 2.75) is 52.2 Å². The first-order valence-corrected chi connectivity index (χ1v) is 9.73. The van der Waals surface area contributed by atoms with E-state index in [1.807, 2.05) is 17.0 Å². The smallest absolute Gasteiger partial charge is 0.223 e. The second-order valence-electron chi connectivity index (χ2n) is 7.86. The topological polar surface area (TPSA) is 41.6 Å². The van der Waals surface area contributed by atoms with Gasteiger partial charge in [0.1, 0.15) is 6.10 Å². The molecule has 2 heterocycles. The number of hydrogen-bond acceptors (Lipinski definition) is 3. The number of carbonyl (C=O) groups excluding carboxylic acids is 1. The molecular weight excluding hydrogens is 312 g/mol. The van der Waals surface area contributed by atoms with Crippen LogP contribution in [0.3, 0.4) is 0 Å². The summed E-state index contributed by atoms with van der Waals surface area (Å²) in [4.78, 5) is 15.0. The Kier molecular flexibility index (Phi) is 6.13. The number of hydrogen-bond donors (Lipinski definition) is 1. The van der Waals surface area contributed by atoms with E-state index in [9.17, 15) is 4.79 Å². The van der Waals surface area contributed by atoms with E-state index in [-0.39, 0.29) is 18.1 Å². The largest absolute Gasteiger partial charge is 0.370 e. The van der Waals surface area contributed by atoms with Crippen molar-refractivity contribution in [1.29, 1.82) is 0 Å². The van der Waals surface area contributed by atoms with Crippen LogP contribution in [0, 0.1) is 18.8 Å². The summed E-state index contributed by atoms with van der Waals surface area (Å²) in [5, 5.41) is 3.47. The van der Waals surface area contributed by atoms with Crippen LogP contribution >= 0.6 is 0 Å². The van der Waals surface area contributed by atoms with Gasteiger partial charge in [-0.05, 0) is 62.7 Å². The molecule has 4 atom stereocenters. The van der Waals surface area contributed by atoms with Gasteiger partial charge in [0.25, 0.3) is 0 Å². The molecule has 1 aromatic carbocycles. The molecule has 2 saturated heterocycles. The number of piperidine rings is 1. The van der Waals surface area contributed by atoms with Crippen LogP contribution in [0.1, 0.15) is 50.3 Å². The van der Waals surface area contributed by atoms with E-state index in [0.29, 0.717) is 31.4 Å². The first kappa shape index (κ1) is 18.4. The molecule has 0 aliphatic carbocycles. The van der Waals surface area contributed by atoms with Gasteiger partial charge in [-0.25, -0.2) is 0 Å². The number of benzene rings is 1. The third kappa shape index (κ3) is 4.42. The normalized spacial score (nSPS) is 28.6. The first-order chi connectivity index (χ1) is 12.1. The summed E-state index contributed by atoms with van der Waals surface area (Å²) < 4.78 is 6.05. The second-order valence-corrected chi connectivity index (χ2v) is 7.86. The van der Waals surface area contributed by atoms with Crippen LogP contribution < -0.4 is 5.32 Å². The lowest BCUT2D eigenvalue weighted by Gasteiger charge is -2.39. The minimum Gasteiger partial charge on any atom is -0.370 e. The lowest BCUT2D eigenvalue weighted by atomic mass is 9.85.